The van der Waals surface area contributed by atoms with Crippen molar-refractivity contribution in [3.05, 3.63) is 29.3 Å². The zero-order chi connectivity index (χ0) is 60.6. The lowest BCUT2D eigenvalue weighted by molar-refractivity contribution is -0.144. The summed E-state index contributed by atoms with van der Waals surface area (Å²) in [6.07, 6.45) is 5.03. The van der Waals surface area contributed by atoms with E-state index in [4.69, 9.17) is 21.0 Å². The second kappa shape index (κ2) is 34.2. The highest BCUT2D eigenvalue weighted by Gasteiger charge is 2.42. The van der Waals surface area contributed by atoms with Crippen molar-refractivity contribution >= 4 is 94.8 Å². The van der Waals surface area contributed by atoms with Gasteiger partial charge in [-0.2, -0.15) is 23.5 Å². The molecule has 29 heteroatoms. The Morgan fingerprint density at radius 2 is 1.27 bits per heavy atom. The number of aliphatic hydroxyl groups is 1. The van der Waals surface area contributed by atoms with Gasteiger partial charge in [-0.05, 0) is 120 Å². The summed E-state index contributed by atoms with van der Waals surface area (Å²) in [4.78, 5) is 159. The first-order valence-electron chi connectivity index (χ1n) is 28.3. The minimum atomic E-state index is -1.77. The number of unbranched alkanes of at least 4 members (excludes halogenated alkanes) is 1. The van der Waals surface area contributed by atoms with Crippen molar-refractivity contribution in [2.75, 3.05) is 51.0 Å². The van der Waals surface area contributed by atoms with E-state index in [2.05, 4.69) is 42.4 Å². The molecule has 0 radical (unpaired) electrons. The van der Waals surface area contributed by atoms with Gasteiger partial charge in [-0.15, -0.1) is 0 Å². The van der Waals surface area contributed by atoms with E-state index in [0.717, 1.165) is 30.2 Å². The largest absolute Gasteiger partial charge is 0.494 e. The van der Waals surface area contributed by atoms with E-state index in [0.29, 0.717) is 57.4 Å². The summed E-state index contributed by atoms with van der Waals surface area (Å²) >= 11 is 2.54. The van der Waals surface area contributed by atoms with Crippen LogP contribution in [0.5, 0.6) is 5.75 Å². The van der Waals surface area contributed by atoms with Gasteiger partial charge >= 0.3 is 5.97 Å². The third-order valence-electron chi connectivity index (χ3n) is 14.2. The molecule has 9 atom stereocenters. The summed E-state index contributed by atoms with van der Waals surface area (Å²) in [5.74, 6) is -8.86. The third-order valence-corrected chi connectivity index (χ3v) is 16.4. The fraction of sp³-hybridized carbons (Fsp3) is 0.667. The molecule has 0 aromatic heterocycles. The molecule has 2 fully saturated rings. The van der Waals surface area contributed by atoms with Crippen molar-refractivity contribution in [1.29, 1.82) is 0 Å². The third kappa shape index (κ3) is 21.5. The lowest BCUT2D eigenvalue weighted by Gasteiger charge is -2.31. The van der Waals surface area contributed by atoms with E-state index < -0.39 is 132 Å². The summed E-state index contributed by atoms with van der Waals surface area (Å²) in [6.45, 7) is 4.99. The Kier molecular flexibility index (Phi) is 27.6. The zero-order valence-corrected chi connectivity index (χ0v) is 49.0. The molecule has 0 unspecified atom stereocenters. The fourth-order valence-corrected chi connectivity index (χ4v) is 11.9. The number of carbonyl (C=O) groups is 11. The molecule has 10 amide bonds. The molecule has 460 valence electrons. The number of aliphatic carboxylic acids is 1. The lowest BCUT2D eigenvalue weighted by Crippen LogP contribution is -2.60. The maximum atomic E-state index is 15.0. The van der Waals surface area contributed by atoms with Gasteiger partial charge < -0.3 is 78.3 Å². The van der Waals surface area contributed by atoms with Gasteiger partial charge in [-0.25, -0.2) is 0 Å². The number of benzene rings is 1. The highest BCUT2D eigenvalue weighted by molar-refractivity contribution is 7.98. The Balaban J connectivity index is 1.54. The highest BCUT2D eigenvalue weighted by atomic mass is 32.2. The van der Waals surface area contributed by atoms with Crippen molar-refractivity contribution in [3.8, 4) is 5.75 Å². The summed E-state index contributed by atoms with van der Waals surface area (Å²) in [5.41, 5.74) is 13.1. The van der Waals surface area contributed by atoms with Gasteiger partial charge in [0.2, 0.25) is 53.2 Å². The molecular formula is C54H82N12O15S2. The first-order chi connectivity index (χ1) is 39.7. The molecule has 4 aliphatic heterocycles. The number of hydrogen-bond acceptors (Lipinski definition) is 18. The van der Waals surface area contributed by atoms with E-state index in [1.165, 1.54) is 40.2 Å². The van der Waals surface area contributed by atoms with Gasteiger partial charge in [0.05, 0.1) is 19.6 Å². The van der Waals surface area contributed by atoms with Crippen LogP contribution < -0.4 is 53.4 Å². The number of primary amides is 1. The number of aliphatic hydroxyl groups excluding tert-OH is 1. The maximum Gasteiger partial charge on any atom is 0.305 e. The summed E-state index contributed by atoms with van der Waals surface area (Å²) < 4.78 is 6.24. The Morgan fingerprint density at radius 1 is 0.687 bits per heavy atom. The van der Waals surface area contributed by atoms with Gasteiger partial charge in [0.15, 0.2) is 0 Å². The molecule has 0 aliphatic carbocycles. The Hall–Kier alpha value is -6.72. The smallest absolute Gasteiger partial charge is 0.305 e. The van der Waals surface area contributed by atoms with Gasteiger partial charge in [-0.3, -0.25) is 52.7 Å². The van der Waals surface area contributed by atoms with Gasteiger partial charge in [0.25, 0.3) is 5.91 Å². The Labute approximate surface area is 491 Å². The number of hydrogen-bond donors (Lipinski definition) is 11. The number of fused-ring (bicyclic) bond motifs is 7. The second-order valence-corrected chi connectivity index (χ2v) is 23.5. The Bertz CT molecular complexity index is 2490. The molecule has 2 saturated heterocycles. The fourth-order valence-electron chi connectivity index (χ4n) is 9.92. The molecule has 1 aromatic rings. The van der Waals surface area contributed by atoms with Crippen molar-refractivity contribution in [3.63, 3.8) is 0 Å². The number of carbonyl (C=O) groups excluding carboxylic acids is 10. The average molecular weight is 1200 g/mol. The van der Waals surface area contributed by atoms with Crippen molar-refractivity contribution < 1.29 is 72.5 Å². The van der Waals surface area contributed by atoms with Crippen LogP contribution in [0.1, 0.15) is 115 Å². The predicted molar refractivity (Wildman–Crippen MR) is 307 cm³/mol. The molecule has 27 nitrogen and oxygen atoms in total. The van der Waals surface area contributed by atoms with E-state index in [1.54, 1.807) is 13.8 Å². The van der Waals surface area contributed by atoms with Crippen LogP contribution in [0, 0.1) is 5.92 Å². The molecular weight excluding hydrogens is 1120 g/mol. The topological polar surface area (TPSA) is 402 Å². The van der Waals surface area contributed by atoms with Crippen LogP contribution in [0.4, 0.5) is 0 Å². The first-order valence-corrected chi connectivity index (χ1v) is 30.6. The van der Waals surface area contributed by atoms with Crippen LogP contribution in [-0.2, 0) is 69.1 Å². The number of nitrogens with one attached hydrogen (secondary N) is 7. The number of nitrogens with two attached hydrogens (primary N) is 2. The van der Waals surface area contributed by atoms with Crippen LogP contribution in [0.3, 0.4) is 0 Å². The van der Waals surface area contributed by atoms with Crippen LogP contribution in [0.25, 0.3) is 0 Å². The van der Waals surface area contributed by atoms with Crippen LogP contribution in [-0.4, -0.2) is 197 Å². The van der Waals surface area contributed by atoms with E-state index in [9.17, 15) is 63.0 Å². The molecule has 13 N–H and O–H groups in total. The molecule has 4 bridgehead atoms. The number of carboxylic acid groups (broad SMARTS) is 1. The molecule has 0 spiro atoms. The maximum absolute atomic E-state index is 15.0. The van der Waals surface area contributed by atoms with E-state index >= 15 is 0 Å². The highest BCUT2D eigenvalue weighted by Crippen LogP contribution is 2.27. The molecule has 4 aliphatic rings. The number of amides is 10. The van der Waals surface area contributed by atoms with Gasteiger partial charge in [0.1, 0.15) is 72.9 Å². The number of carboxylic acids is 1. The number of oxime groups is 1. The van der Waals surface area contributed by atoms with Crippen molar-refractivity contribution in [1.82, 2.24) is 47.0 Å². The number of ether oxygens (including phenoxy) is 1. The number of nitrogens with zero attached hydrogens (tertiary/aromatic N) is 3. The Morgan fingerprint density at radius 3 is 1.88 bits per heavy atom. The zero-order valence-electron chi connectivity index (χ0n) is 47.4. The quantitative estimate of drug-likeness (QED) is 0.121. The summed E-state index contributed by atoms with van der Waals surface area (Å²) in [6, 6.07) is -6.50. The first kappa shape index (κ1) is 67.1. The summed E-state index contributed by atoms with van der Waals surface area (Å²) in [7, 11) is 0. The van der Waals surface area contributed by atoms with Gasteiger partial charge in [-0.1, -0.05) is 25.1 Å². The van der Waals surface area contributed by atoms with Crippen molar-refractivity contribution in [2.24, 2.45) is 22.5 Å². The average Bonchev–Trinajstić information content (AvgIpc) is 4.36. The molecule has 4 heterocycles. The molecule has 5 rings (SSSR count). The van der Waals surface area contributed by atoms with Crippen LogP contribution in [0.15, 0.2) is 23.4 Å². The standard InChI is InChI=1S/C54H82N12O15S2/c1-31(2)20-37-49(74)60-38(24-45(69)70)48(73)58-32(3)53(78)65-16-10-13-42(65)52(77)62-39(26-67)50(75)63-40(46(56)71)29-82-27-33-21-34-23-35(22-33)80-18-8-4-5-9-19-81-57-25-44(68)59-36(12-6-7-15-55)47(72)64-41(30-83-28-34)54(79)66-17-11-14-43(66)51(76)61-37/h21-23,25,31-32,36-43,67H,4-20,24,26-30,55H2,1-3H3,(H2,56,71)(H,58,73)(H,59,68)(H,60,74)(H,61,76)(H,62,77)(H,63,75)(H,64,72)(H,69,70)/b57-25+/t32-,36-,37-,38-,39-,40-,41-,42-,43-/m0/s1. The van der Waals surface area contributed by atoms with Crippen LogP contribution >= 0.6 is 23.5 Å². The second-order valence-electron chi connectivity index (χ2n) is 21.4. The normalized spacial score (nSPS) is 27.4. The molecule has 1 aromatic carbocycles. The van der Waals surface area contributed by atoms with Crippen molar-refractivity contribution in [2.45, 2.75) is 170 Å². The summed E-state index contributed by atoms with van der Waals surface area (Å²) in [5, 5.41) is 42.0. The molecule has 83 heavy (non-hydrogen) atoms. The van der Waals surface area contributed by atoms with E-state index in [-0.39, 0.29) is 74.3 Å². The minimum Gasteiger partial charge on any atom is -0.494 e. The van der Waals surface area contributed by atoms with Crippen LogP contribution in [0.2, 0.25) is 0 Å². The lowest BCUT2D eigenvalue weighted by atomic mass is 10.0. The minimum absolute atomic E-state index is 0.00748. The number of rotatable bonds is 10. The monoisotopic (exact) mass is 1200 g/mol. The SMILES string of the molecule is CC(C)C[C@@H]1NC(=O)[C@@H]2CCCN2C(=O)[C@@H]2CSCc3cc(cc(c3)OCCCCCCO/N=C/C(=O)N[C@@H](CCCCN)C(=O)N2)CSC[C@@H](C(N)=O)NC(=O)[C@H](CO)NC(=O)[C@@H]2CCCN2C(=O)[C@H](C)NC(=O)[C@H](CC(=O)O)NC1=O. The molecule has 0 saturated carbocycles. The van der Waals surface area contributed by atoms with E-state index in [1.807, 2.05) is 18.2 Å². The number of thioether (sulfide) groups is 2. The predicted octanol–water partition coefficient (Wildman–Crippen LogP) is -1.36. The van der Waals surface area contributed by atoms with Gasteiger partial charge in [0, 0.05) is 36.1 Å².